The number of rotatable bonds is 7. The number of nitrogens with zero attached hydrogens (tertiary/aromatic N) is 2. The van der Waals surface area contributed by atoms with Gasteiger partial charge in [0.05, 0.1) is 24.9 Å². The molecule has 1 aromatic heterocycles. The van der Waals surface area contributed by atoms with Crippen LogP contribution in [-0.4, -0.2) is 22.8 Å². The van der Waals surface area contributed by atoms with Crippen LogP contribution in [-0.2, 0) is 4.79 Å². The molecule has 0 atom stereocenters. The summed E-state index contributed by atoms with van der Waals surface area (Å²) in [6, 6.07) is 35.2. The molecule has 0 saturated heterocycles. The summed E-state index contributed by atoms with van der Waals surface area (Å²) >= 11 is 0. The van der Waals surface area contributed by atoms with Crippen LogP contribution in [0.25, 0.3) is 16.8 Å². The Hall–Kier alpha value is -4.64. The third kappa shape index (κ3) is 4.99. The average Bonchev–Trinajstić information content (AvgIpc) is 3.41. The molecule has 1 heterocycles. The highest BCUT2D eigenvalue weighted by Crippen LogP contribution is 2.27. The molecular weight excluding hydrogens is 434 g/mol. The van der Waals surface area contributed by atoms with Gasteiger partial charge in [0, 0.05) is 17.4 Å². The second-order valence-corrected chi connectivity index (χ2v) is 8.19. The average molecular weight is 460 g/mol. The van der Waals surface area contributed by atoms with E-state index in [-0.39, 0.29) is 5.91 Å². The Bertz CT molecular complexity index is 1350. The summed E-state index contributed by atoms with van der Waals surface area (Å²) in [5.41, 5.74) is 5.63. The smallest absolute Gasteiger partial charge is 0.236 e. The van der Waals surface area contributed by atoms with Crippen LogP contribution in [0.3, 0.4) is 0 Å². The van der Waals surface area contributed by atoms with Crippen LogP contribution in [0.4, 0.5) is 5.69 Å². The Morgan fingerprint density at radius 3 is 1.94 bits per heavy atom. The van der Waals surface area contributed by atoms with E-state index >= 15 is 0 Å². The lowest BCUT2D eigenvalue weighted by Gasteiger charge is -2.18. The number of carbonyl (C=O) groups excluding carboxylic acids is 1. The van der Waals surface area contributed by atoms with Crippen LogP contribution in [0, 0.1) is 0 Å². The molecule has 0 aliphatic heterocycles. The number of methoxy groups -OCH3 is 1. The van der Waals surface area contributed by atoms with E-state index in [1.165, 1.54) is 0 Å². The van der Waals surface area contributed by atoms with Gasteiger partial charge >= 0.3 is 0 Å². The Kier molecular flexibility index (Phi) is 6.39. The van der Waals surface area contributed by atoms with Gasteiger partial charge in [-0.1, -0.05) is 72.8 Å². The fraction of sp³-hybridized carbons (Fsp3) is 0.0667. The van der Waals surface area contributed by atoms with Crippen molar-refractivity contribution in [2.24, 2.45) is 0 Å². The van der Waals surface area contributed by atoms with Gasteiger partial charge in [-0.3, -0.25) is 4.79 Å². The molecule has 1 amide bonds. The Labute approximate surface area is 204 Å². The van der Waals surface area contributed by atoms with Crippen molar-refractivity contribution in [3.63, 3.8) is 0 Å². The quantitative estimate of drug-likeness (QED) is 0.310. The van der Waals surface area contributed by atoms with E-state index in [4.69, 9.17) is 4.74 Å². The van der Waals surface area contributed by atoms with Crippen LogP contribution in [0.5, 0.6) is 5.75 Å². The zero-order chi connectivity index (χ0) is 24.0. The van der Waals surface area contributed by atoms with Crippen molar-refractivity contribution in [1.82, 2.24) is 9.78 Å². The fourth-order valence-corrected chi connectivity index (χ4v) is 4.09. The summed E-state index contributed by atoms with van der Waals surface area (Å²) in [5, 5.41) is 7.58. The van der Waals surface area contributed by atoms with Gasteiger partial charge in [-0.15, -0.1) is 0 Å². The van der Waals surface area contributed by atoms with Crippen LogP contribution < -0.4 is 10.1 Å². The molecule has 5 aromatic rings. The number of benzene rings is 4. The highest BCUT2D eigenvalue weighted by molar-refractivity contribution is 5.98. The molecule has 0 bridgehead atoms. The molecule has 0 unspecified atom stereocenters. The second-order valence-electron chi connectivity index (χ2n) is 8.19. The molecule has 0 aliphatic carbocycles. The van der Waals surface area contributed by atoms with E-state index in [0.29, 0.717) is 0 Å². The molecule has 35 heavy (non-hydrogen) atoms. The van der Waals surface area contributed by atoms with Gasteiger partial charge < -0.3 is 10.1 Å². The number of nitrogens with one attached hydrogen (secondary N) is 1. The maximum atomic E-state index is 13.3. The maximum absolute atomic E-state index is 13.3. The highest BCUT2D eigenvalue weighted by Gasteiger charge is 2.22. The van der Waals surface area contributed by atoms with E-state index < -0.39 is 5.92 Å². The third-order valence-electron chi connectivity index (χ3n) is 5.93. The fourth-order valence-electron chi connectivity index (χ4n) is 4.09. The molecule has 0 saturated carbocycles. The van der Waals surface area contributed by atoms with Gasteiger partial charge in [-0.2, -0.15) is 5.10 Å². The van der Waals surface area contributed by atoms with Crippen molar-refractivity contribution >= 4 is 11.6 Å². The number of hydrogen-bond acceptors (Lipinski definition) is 3. The number of amides is 1. The Balaban J connectivity index is 1.33. The number of aromatic nitrogens is 2. The monoisotopic (exact) mass is 459 g/mol. The van der Waals surface area contributed by atoms with E-state index in [0.717, 1.165) is 39.4 Å². The van der Waals surface area contributed by atoms with Crippen molar-refractivity contribution in [1.29, 1.82) is 0 Å². The summed E-state index contributed by atoms with van der Waals surface area (Å²) in [6.45, 7) is 0. The zero-order valence-corrected chi connectivity index (χ0v) is 19.3. The van der Waals surface area contributed by atoms with Crippen molar-refractivity contribution in [2.45, 2.75) is 5.92 Å². The Morgan fingerprint density at radius 1 is 0.771 bits per heavy atom. The van der Waals surface area contributed by atoms with E-state index in [9.17, 15) is 4.79 Å². The molecule has 0 spiro atoms. The summed E-state index contributed by atoms with van der Waals surface area (Å²) < 4.78 is 7.05. The van der Waals surface area contributed by atoms with Gasteiger partial charge in [-0.05, 0) is 53.1 Å². The number of carbonyl (C=O) groups is 1. The predicted molar refractivity (Wildman–Crippen MR) is 139 cm³/mol. The molecule has 5 rings (SSSR count). The van der Waals surface area contributed by atoms with Crippen LogP contribution in [0.2, 0.25) is 0 Å². The lowest BCUT2D eigenvalue weighted by atomic mass is 9.90. The van der Waals surface area contributed by atoms with Crippen LogP contribution in [0.15, 0.2) is 122 Å². The number of ether oxygens (including phenoxy) is 1. The zero-order valence-electron chi connectivity index (χ0n) is 19.3. The molecule has 4 aromatic carbocycles. The molecule has 0 aliphatic rings. The lowest BCUT2D eigenvalue weighted by Crippen LogP contribution is -2.22. The molecule has 0 fully saturated rings. The third-order valence-corrected chi connectivity index (χ3v) is 5.93. The highest BCUT2D eigenvalue weighted by atomic mass is 16.5. The standard InChI is InChI=1S/C30H25N3O2/c1-35-28-18-12-22(13-19-28)25-20-31-33(21-25)27-16-14-26(15-17-27)32-30(34)29(23-8-4-2-5-9-23)24-10-6-3-7-11-24/h2-21,29H,1H3,(H,32,34). The molecule has 5 nitrogen and oxygen atoms in total. The van der Waals surface area contributed by atoms with E-state index in [2.05, 4.69) is 10.4 Å². The largest absolute Gasteiger partial charge is 0.497 e. The second kappa shape index (κ2) is 10.1. The minimum Gasteiger partial charge on any atom is -0.497 e. The van der Waals surface area contributed by atoms with Gasteiger partial charge in [0.1, 0.15) is 5.75 Å². The Morgan fingerprint density at radius 2 is 1.37 bits per heavy atom. The van der Waals surface area contributed by atoms with E-state index in [1.807, 2.05) is 126 Å². The summed E-state index contributed by atoms with van der Waals surface area (Å²) in [4.78, 5) is 13.3. The lowest BCUT2D eigenvalue weighted by molar-refractivity contribution is -0.116. The summed E-state index contributed by atoms with van der Waals surface area (Å²) in [7, 11) is 1.66. The summed E-state index contributed by atoms with van der Waals surface area (Å²) in [6.07, 6.45) is 3.82. The first-order valence-corrected chi connectivity index (χ1v) is 11.4. The first-order valence-electron chi connectivity index (χ1n) is 11.4. The molecule has 0 radical (unpaired) electrons. The first-order chi connectivity index (χ1) is 17.2. The minimum absolute atomic E-state index is 0.0731. The van der Waals surface area contributed by atoms with Gasteiger partial charge in [-0.25, -0.2) is 4.68 Å². The number of hydrogen-bond donors (Lipinski definition) is 1. The van der Waals surface area contributed by atoms with Crippen molar-refractivity contribution in [3.8, 4) is 22.6 Å². The molecular formula is C30H25N3O2. The van der Waals surface area contributed by atoms with E-state index in [1.54, 1.807) is 7.11 Å². The van der Waals surface area contributed by atoms with Crippen molar-refractivity contribution in [2.75, 3.05) is 12.4 Å². The molecule has 1 N–H and O–H groups in total. The van der Waals surface area contributed by atoms with Crippen LogP contribution >= 0.6 is 0 Å². The number of anilines is 1. The first kappa shape index (κ1) is 22.2. The minimum atomic E-state index is -0.393. The van der Waals surface area contributed by atoms with Crippen LogP contribution in [0.1, 0.15) is 17.0 Å². The van der Waals surface area contributed by atoms with Gasteiger partial charge in [0.15, 0.2) is 0 Å². The summed E-state index contributed by atoms with van der Waals surface area (Å²) in [5.74, 6) is 0.354. The SMILES string of the molecule is COc1ccc(-c2cnn(-c3ccc(NC(=O)C(c4ccccc4)c4ccccc4)cc3)c2)cc1. The molecule has 5 heteroatoms. The van der Waals surface area contributed by atoms with Gasteiger partial charge in [0.2, 0.25) is 5.91 Å². The topological polar surface area (TPSA) is 56.1 Å². The molecule has 172 valence electrons. The van der Waals surface area contributed by atoms with Crippen molar-refractivity contribution in [3.05, 3.63) is 133 Å². The van der Waals surface area contributed by atoms with Gasteiger partial charge in [0.25, 0.3) is 0 Å². The normalized spacial score (nSPS) is 10.8. The maximum Gasteiger partial charge on any atom is 0.236 e. The predicted octanol–water partition coefficient (Wildman–Crippen LogP) is 6.32. The van der Waals surface area contributed by atoms with Crippen molar-refractivity contribution < 1.29 is 9.53 Å².